The summed E-state index contributed by atoms with van der Waals surface area (Å²) >= 11 is 1.66. The lowest BCUT2D eigenvalue weighted by Gasteiger charge is -2.19. The molecule has 2 aromatic rings. The van der Waals surface area contributed by atoms with Gasteiger partial charge in [-0.2, -0.15) is 11.8 Å². The van der Waals surface area contributed by atoms with Gasteiger partial charge in [-0.25, -0.2) is 4.98 Å². The SMILES string of the molecule is COc1ccc([C@@H](NC(=O)CCSC)c2nccn2C)cc1. The van der Waals surface area contributed by atoms with Crippen LogP contribution in [0.1, 0.15) is 23.9 Å². The van der Waals surface area contributed by atoms with Gasteiger partial charge in [-0.1, -0.05) is 12.1 Å². The van der Waals surface area contributed by atoms with Crippen LogP contribution in [0.3, 0.4) is 0 Å². The van der Waals surface area contributed by atoms with E-state index in [1.165, 1.54) is 0 Å². The molecule has 0 radical (unpaired) electrons. The Morgan fingerprint density at radius 1 is 1.41 bits per heavy atom. The van der Waals surface area contributed by atoms with Gasteiger partial charge in [0.05, 0.1) is 7.11 Å². The normalized spacial score (nSPS) is 12.0. The molecule has 1 N–H and O–H groups in total. The van der Waals surface area contributed by atoms with E-state index in [1.54, 1.807) is 25.1 Å². The topological polar surface area (TPSA) is 56.1 Å². The van der Waals surface area contributed by atoms with Crippen molar-refractivity contribution in [1.29, 1.82) is 0 Å². The van der Waals surface area contributed by atoms with Crippen LogP contribution in [0.2, 0.25) is 0 Å². The Morgan fingerprint density at radius 2 is 2.14 bits per heavy atom. The number of rotatable bonds is 7. The van der Waals surface area contributed by atoms with Gasteiger partial charge in [-0.3, -0.25) is 4.79 Å². The number of hydrogen-bond donors (Lipinski definition) is 1. The number of hydrogen-bond acceptors (Lipinski definition) is 4. The Balaban J connectivity index is 2.25. The van der Waals surface area contributed by atoms with E-state index in [2.05, 4.69) is 10.3 Å². The molecule has 0 aliphatic carbocycles. The average Bonchev–Trinajstić information content (AvgIpc) is 2.96. The van der Waals surface area contributed by atoms with Crippen LogP contribution in [-0.2, 0) is 11.8 Å². The van der Waals surface area contributed by atoms with Crippen molar-refractivity contribution < 1.29 is 9.53 Å². The van der Waals surface area contributed by atoms with Crippen LogP contribution >= 0.6 is 11.8 Å². The third-order valence-electron chi connectivity index (χ3n) is 3.40. The lowest BCUT2D eigenvalue weighted by Crippen LogP contribution is -2.31. The Kier molecular flexibility index (Phi) is 5.89. The second-order valence-electron chi connectivity index (χ2n) is 4.91. The third-order valence-corrected chi connectivity index (χ3v) is 4.02. The summed E-state index contributed by atoms with van der Waals surface area (Å²) in [5, 5.41) is 3.07. The molecular weight excluding hydrogens is 298 g/mol. The van der Waals surface area contributed by atoms with Gasteiger partial charge in [0.2, 0.25) is 5.91 Å². The number of benzene rings is 1. The fraction of sp³-hybridized carbons (Fsp3) is 0.375. The molecule has 1 atom stereocenters. The Bertz CT molecular complexity index is 610. The summed E-state index contributed by atoms with van der Waals surface area (Å²) in [7, 11) is 3.56. The highest BCUT2D eigenvalue weighted by Crippen LogP contribution is 2.23. The first kappa shape index (κ1) is 16.4. The van der Waals surface area contributed by atoms with Gasteiger partial charge in [0.25, 0.3) is 0 Å². The summed E-state index contributed by atoms with van der Waals surface area (Å²) in [6, 6.07) is 7.42. The van der Waals surface area contributed by atoms with Crippen molar-refractivity contribution in [3.63, 3.8) is 0 Å². The summed E-state index contributed by atoms with van der Waals surface area (Å²) < 4.78 is 7.11. The Labute approximate surface area is 135 Å². The molecule has 0 aliphatic rings. The van der Waals surface area contributed by atoms with Gasteiger partial charge in [-0.15, -0.1) is 0 Å². The first-order valence-corrected chi connectivity index (χ1v) is 8.44. The molecule has 0 unspecified atom stereocenters. The van der Waals surface area contributed by atoms with Crippen molar-refractivity contribution in [2.24, 2.45) is 7.05 Å². The fourth-order valence-electron chi connectivity index (χ4n) is 2.18. The minimum absolute atomic E-state index is 0.0261. The van der Waals surface area contributed by atoms with E-state index in [0.717, 1.165) is 22.9 Å². The van der Waals surface area contributed by atoms with Crippen molar-refractivity contribution in [3.8, 4) is 5.75 Å². The highest BCUT2D eigenvalue weighted by Gasteiger charge is 2.20. The van der Waals surface area contributed by atoms with Crippen molar-refractivity contribution >= 4 is 17.7 Å². The maximum absolute atomic E-state index is 12.1. The number of nitrogens with zero attached hydrogens (tertiary/aromatic N) is 2. The quantitative estimate of drug-likeness (QED) is 0.851. The maximum atomic E-state index is 12.1. The van der Waals surface area contributed by atoms with Crippen molar-refractivity contribution in [2.75, 3.05) is 19.1 Å². The lowest BCUT2D eigenvalue weighted by molar-refractivity contribution is -0.121. The minimum Gasteiger partial charge on any atom is -0.497 e. The van der Waals surface area contributed by atoms with Gasteiger partial charge in [0.1, 0.15) is 17.6 Å². The molecule has 1 aromatic carbocycles. The number of imidazole rings is 1. The number of aryl methyl sites for hydroxylation is 1. The van der Waals surface area contributed by atoms with E-state index in [-0.39, 0.29) is 11.9 Å². The molecule has 1 aromatic heterocycles. The predicted molar refractivity (Wildman–Crippen MR) is 89.2 cm³/mol. The Hall–Kier alpha value is -1.95. The first-order chi connectivity index (χ1) is 10.7. The largest absolute Gasteiger partial charge is 0.497 e. The van der Waals surface area contributed by atoms with E-state index >= 15 is 0 Å². The van der Waals surface area contributed by atoms with Crippen molar-refractivity contribution in [1.82, 2.24) is 14.9 Å². The molecule has 5 nitrogen and oxygen atoms in total. The number of carbonyl (C=O) groups excluding carboxylic acids is 1. The third kappa shape index (κ3) is 4.04. The lowest BCUT2D eigenvalue weighted by atomic mass is 10.1. The molecule has 0 spiro atoms. The molecule has 118 valence electrons. The summed E-state index contributed by atoms with van der Waals surface area (Å²) in [5.41, 5.74) is 0.979. The van der Waals surface area contributed by atoms with E-state index in [9.17, 15) is 4.79 Å². The molecule has 2 rings (SSSR count). The molecule has 0 fully saturated rings. The standard InChI is InChI=1S/C16H21N3O2S/c1-19-10-9-17-16(19)15(18-14(20)8-11-22-3)12-4-6-13(21-2)7-5-12/h4-7,9-10,15H,8,11H2,1-3H3,(H,18,20)/t15-/m1/s1. The average molecular weight is 319 g/mol. The molecule has 6 heteroatoms. The number of carbonyl (C=O) groups is 1. The Morgan fingerprint density at radius 3 is 2.68 bits per heavy atom. The van der Waals surface area contributed by atoms with Gasteiger partial charge >= 0.3 is 0 Å². The van der Waals surface area contributed by atoms with Gasteiger partial charge in [0.15, 0.2) is 0 Å². The highest BCUT2D eigenvalue weighted by molar-refractivity contribution is 7.98. The number of nitrogens with one attached hydrogen (secondary N) is 1. The van der Waals surface area contributed by atoms with Crippen LogP contribution in [0.15, 0.2) is 36.7 Å². The summed E-state index contributed by atoms with van der Waals surface area (Å²) in [5.74, 6) is 2.43. The fourth-order valence-corrected chi connectivity index (χ4v) is 2.57. The van der Waals surface area contributed by atoms with Crippen LogP contribution in [0.5, 0.6) is 5.75 Å². The van der Waals surface area contributed by atoms with Crippen LogP contribution in [0.4, 0.5) is 0 Å². The number of methoxy groups -OCH3 is 1. The predicted octanol–water partition coefficient (Wildman–Crippen LogP) is 2.39. The summed E-state index contributed by atoms with van der Waals surface area (Å²) in [6.45, 7) is 0. The smallest absolute Gasteiger partial charge is 0.221 e. The summed E-state index contributed by atoms with van der Waals surface area (Å²) in [6.07, 6.45) is 6.10. The molecule has 0 saturated heterocycles. The number of ether oxygens (including phenoxy) is 1. The van der Waals surface area contributed by atoms with E-state index < -0.39 is 0 Å². The molecular formula is C16H21N3O2S. The molecule has 0 saturated carbocycles. The highest BCUT2D eigenvalue weighted by atomic mass is 32.2. The zero-order chi connectivity index (χ0) is 15.9. The molecule has 1 heterocycles. The van der Waals surface area contributed by atoms with Gasteiger partial charge < -0.3 is 14.6 Å². The first-order valence-electron chi connectivity index (χ1n) is 7.05. The molecule has 22 heavy (non-hydrogen) atoms. The van der Waals surface area contributed by atoms with E-state index in [0.29, 0.717) is 6.42 Å². The zero-order valence-corrected chi connectivity index (χ0v) is 13.9. The minimum atomic E-state index is -0.264. The number of thioether (sulfide) groups is 1. The van der Waals surface area contributed by atoms with Gasteiger partial charge in [-0.05, 0) is 24.0 Å². The van der Waals surface area contributed by atoms with Crippen LogP contribution in [0, 0.1) is 0 Å². The maximum Gasteiger partial charge on any atom is 0.221 e. The second kappa shape index (κ2) is 7.89. The van der Waals surface area contributed by atoms with E-state index in [4.69, 9.17) is 4.74 Å². The monoisotopic (exact) mass is 319 g/mol. The van der Waals surface area contributed by atoms with Crippen LogP contribution in [-0.4, -0.2) is 34.6 Å². The summed E-state index contributed by atoms with van der Waals surface area (Å²) in [4.78, 5) is 16.5. The van der Waals surface area contributed by atoms with E-state index in [1.807, 2.05) is 48.3 Å². The second-order valence-corrected chi connectivity index (χ2v) is 5.90. The number of amides is 1. The zero-order valence-electron chi connectivity index (χ0n) is 13.1. The molecule has 0 bridgehead atoms. The van der Waals surface area contributed by atoms with Crippen LogP contribution in [0.25, 0.3) is 0 Å². The van der Waals surface area contributed by atoms with Gasteiger partial charge in [0, 0.05) is 31.6 Å². The molecule has 1 amide bonds. The van der Waals surface area contributed by atoms with Crippen molar-refractivity contribution in [3.05, 3.63) is 48.0 Å². The number of aromatic nitrogens is 2. The van der Waals surface area contributed by atoms with Crippen LogP contribution < -0.4 is 10.1 Å². The van der Waals surface area contributed by atoms with Crippen molar-refractivity contribution in [2.45, 2.75) is 12.5 Å². The molecule has 0 aliphatic heterocycles.